The first-order valence-electron chi connectivity index (χ1n) is 4.75. The van der Waals surface area contributed by atoms with E-state index in [9.17, 15) is 8.42 Å². The van der Waals surface area contributed by atoms with Crippen molar-refractivity contribution in [1.29, 1.82) is 0 Å². The highest BCUT2D eigenvalue weighted by Gasteiger charge is 2.14. The largest absolute Gasteiger partial charge is 0.447 e. The number of nitrogens with zero attached hydrogens (tertiary/aromatic N) is 2. The first-order valence-corrected chi connectivity index (χ1v) is 6.11. The molecule has 1 heterocycles. The van der Waals surface area contributed by atoms with Crippen molar-refractivity contribution >= 4 is 10.4 Å². The van der Waals surface area contributed by atoms with Gasteiger partial charge in [0.2, 0.25) is 5.88 Å². The number of hydrogen-bond acceptors (Lipinski definition) is 4. The Bertz CT molecular complexity index is 619. The van der Waals surface area contributed by atoms with Gasteiger partial charge in [-0.3, -0.25) is 4.55 Å². The fraction of sp³-hybridized carbons (Fsp3) is 0.100. The summed E-state index contributed by atoms with van der Waals surface area (Å²) in [6.45, 7) is 1.69. The molecule has 0 atom stereocenters. The Kier molecular flexibility index (Phi) is 2.86. The molecule has 6 nitrogen and oxygen atoms in total. The van der Waals surface area contributed by atoms with Crippen LogP contribution in [0.2, 0.25) is 0 Å². The van der Waals surface area contributed by atoms with Crippen molar-refractivity contribution in [1.82, 2.24) is 9.78 Å². The molecule has 2 aromatic rings. The second-order valence-electron chi connectivity index (χ2n) is 3.38. The molecule has 90 valence electrons. The lowest BCUT2D eigenvalue weighted by atomic mass is 10.3. The number of para-hydroxylation sites is 1. The van der Waals surface area contributed by atoms with E-state index in [1.54, 1.807) is 31.2 Å². The van der Waals surface area contributed by atoms with Crippen molar-refractivity contribution in [2.45, 2.75) is 6.92 Å². The molecule has 0 aliphatic rings. The summed E-state index contributed by atoms with van der Waals surface area (Å²) in [5.41, 5.74) is 1.21. The van der Waals surface area contributed by atoms with Crippen LogP contribution in [0.3, 0.4) is 0 Å². The number of aryl methyl sites for hydroxylation is 1. The van der Waals surface area contributed by atoms with E-state index in [2.05, 4.69) is 9.28 Å². The zero-order valence-electron chi connectivity index (χ0n) is 8.94. The van der Waals surface area contributed by atoms with Gasteiger partial charge in [0, 0.05) is 6.07 Å². The molecule has 0 saturated heterocycles. The predicted molar refractivity (Wildman–Crippen MR) is 60.5 cm³/mol. The molecule has 0 amide bonds. The van der Waals surface area contributed by atoms with Crippen molar-refractivity contribution in [2.24, 2.45) is 0 Å². The van der Waals surface area contributed by atoms with Crippen molar-refractivity contribution < 1.29 is 17.2 Å². The molecule has 7 heteroatoms. The maximum Gasteiger partial charge on any atom is 0.447 e. The summed E-state index contributed by atoms with van der Waals surface area (Å²) in [6, 6.07) is 10.3. The molecular formula is C10H10N2O4S. The second kappa shape index (κ2) is 4.19. The number of rotatable bonds is 3. The average molecular weight is 254 g/mol. The highest BCUT2D eigenvalue weighted by Crippen LogP contribution is 2.20. The minimum Gasteiger partial charge on any atom is -0.341 e. The molecule has 0 bridgehead atoms. The van der Waals surface area contributed by atoms with Gasteiger partial charge in [0.15, 0.2) is 0 Å². The first kappa shape index (κ1) is 11.6. The van der Waals surface area contributed by atoms with Crippen LogP contribution in [0.1, 0.15) is 5.69 Å². The van der Waals surface area contributed by atoms with Gasteiger partial charge in [0.1, 0.15) is 0 Å². The van der Waals surface area contributed by atoms with E-state index in [0.29, 0.717) is 11.4 Å². The minimum atomic E-state index is -4.56. The lowest BCUT2D eigenvalue weighted by Crippen LogP contribution is -2.10. The molecule has 1 aromatic carbocycles. The summed E-state index contributed by atoms with van der Waals surface area (Å²) >= 11 is 0. The van der Waals surface area contributed by atoms with Crippen molar-refractivity contribution in [3.63, 3.8) is 0 Å². The molecule has 17 heavy (non-hydrogen) atoms. The Morgan fingerprint density at radius 2 is 1.94 bits per heavy atom. The molecular weight excluding hydrogens is 244 g/mol. The van der Waals surface area contributed by atoms with Crippen LogP contribution in [0.5, 0.6) is 5.88 Å². The molecule has 0 aliphatic heterocycles. The summed E-state index contributed by atoms with van der Waals surface area (Å²) in [7, 11) is -4.56. The number of hydrogen-bond donors (Lipinski definition) is 1. The van der Waals surface area contributed by atoms with Gasteiger partial charge in [-0.1, -0.05) is 18.2 Å². The number of aromatic nitrogens is 2. The first-order chi connectivity index (χ1) is 7.96. The molecule has 0 unspecified atom stereocenters. The predicted octanol–water partition coefficient (Wildman–Crippen LogP) is 1.36. The van der Waals surface area contributed by atoms with Gasteiger partial charge in [-0.05, 0) is 19.1 Å². The molecule has 2 rings (SSSR count). The van der Waals surface area contributed by atoms with Gasteiger partial charge >= 0.3 is 10.4 Å². The molecule has 0 saturated carbocycles. The van der Waals surface area contributed by atoms with E-state index in [4.69, 9.17) is 4.55 Å². The minimum absolute atomic E-state index is 0.0591. The third-order valence-electron chi connectivity index (χ3n) is 1.99. The van der Waals surface area contributed by atoms with E-state index in [1.165, 1.54) is 10.7 Å². The van der Waals surface area contributed by atoms with Crippen molar-refractivity contribution in [3.05, 3.63) is 42.1 Å². The van der Waals surface area contributed by atoms with Crippen LogP contribution in [0.4, 0.5) is 0 Å². The van der Waals surface area contributed by atoms with Crippen LogP contribution < -0.4 is 4.18 Å². The maximum absolute atomic E-state index is 10.7. The van der Waals surface area contributed by atoms with Crippen molar-refractivity contribution in [3.8, 4) is 11.6 Å². The van der Waals surface area contributed by atoms with E-state index >= 15 is 0 Å². The smallest absolute Gasteiger partial charge is 0.341 e. The topological polar surface area (TPSA) is 81.4 Å². The van der Waals surface area contributed by atoms with E-state index in [0.717, 1.165) is 0 Å². The Hall–Kier alpha value is -1.86. The summed E-state index contributed by atoms with van der Waals surface area (Å²) < 4.78 is 35.8. The maximum atomic E-state index is 10.7. The third kappa shape index (κ3) is 2.83. The third-order valence-corrected chi connectivity index (χ3v) is 2.37. The van der Waals surface area contributed by atoms with E-state index in [1.807, 2.05) is 6.07 Å². The molecule has 1 aromatic heterocycles. The lowest BCUT2D eigenvalue weighted by molar-refractivity contribution is 0.375. The van der Waals surface area contributed by atoms with Gasteiger partial charge in [-0.25, -0.2) is 0 Å². The van der Waals surface area contributed by atoms with E-state index < -0.39 is 10.4 Å². The summed E-state index contributed by atoms with van der Waals surface area (Å²) in [4.78, 5) is 0. The summed E-state index contributed by atoms with van der Waals surface area (Å²) in [6.07, 6.45) is 0. The SMILES string of the molecule is Cc1cc(OS(=O)(=O)O)n(-c2ccccc2)n1. The Labute approximate surface area is 98.4 Å². The van der Waals surface area contributed by atoms with Crippen LogP contribution in [-0.4, -0.2) is 22.8 Å². The Morgan fingerprint density at radius 1 is 1.29 bits per heavy atom. The fourth-order valence-corrected chi connectivity index (χ4v) is 1.73. The monoisotopic (exact) mass is 254 g/mol. The lowest BCUT2D eigenvalue weighted by Gasteiger charge is -2.05. The van der Waals surface area contributed by atoms with Crippen LogP contribution in [0.15, 0.2) is 36.4 Å². The molecule has 0 fully saturated rings. The normalized spacial score (nSPS) is 11.4. The quantitative estimate of drug-likeness (QED) is 0.836. The summed E-state index contributed by atoms with van der Waals surface area (Å²) in [5, 5.41) is 4.08. The van der Waals surface area contributed by atoms with Gasteiger partial charge in [-0.15, -0.1) is 0 Å². The standard InChI is InChI=1S/C10H10N2O4S/c1-8-7-10(16-17(13,14)15)12(11-8)9-5-3-2-4-6-9/h2-7H,1H3,(H,13,14,15). The molecule has 1 N–H and O–H groups in total. The van der Waals surface area contributed by atoms with Gasteiger partial charge in [0.05, 0.1) is 11.4 Å². The second-order valence-corrected chi connectivity index (χ2v) is 4.40. The summed E-state index contributed by atoms with van der Waals surface area (Å²) in [5.74, 6) is -0.0591. The van der Waals surface area contributed by atoms with Gasteiger partial charge in [0.25, 0.3) is 0 Å². The zero-order chi connectivity index (χ0) is 12.5. The van der Waals surface area contributed by atoms with Crippen LogP contribution in [0.25, 0.3) is 5.69 Å². The van der Waals surface area contributed by atoms with Gasteiger partial charge < -0.3 is 4.18 Å². The Balaban J connectivity index is 2.48. The van der Waals surface area contributed by atoms with Gasteiger partial charge in [-0.2, -0.15) is 18.2 Å². The highest BCUT2D eigenvalue weighted by molar-refractivity contribution is 7.81. The average Bonchev–Trinajstić information content (AvgIpc) is 2.58. The number of benzene rings is 1. The van der Waals surface area contributed by atoms with E-state index in [-0.39, 0.29) is 5.88 Å². The zero-order valence-corrected chi connectivity index (χ0v) is 9.76. The van der Waals surface area contributed by atoms with Crippen molar-refractivity contribution in [2.75, 3.05) is 0 Å². The fourth-order valence-electron chi connectivity index (χ4n) is 1.40. The van der Waals surface area contributed by atoms with Crippen LogP contribution >= 0.6 is 0 Å². The van der Waals surface area contributed by atoms with Crippen LogP contribution in [-0.2, 0) is 10.4 Å². The molecule has 0 aliphatic carbocycles. The highest BCUT2D eigenvalue weighted by atomic mass is 32.3. The molecule has 0 spiro atoms. The van der Waals surface area contributed by atoms with Crippen LogP contribution in [0, 0.1) is 6.92 Å². The Morgan fingerprint density at radius 3 is 2.53 bits per heavy atom. The molecule has 0 radical (unpaired) electrons.